The van der Waals surface area contributed by atoms with Gasteiger partial charge in [-0.15, -0.1) is 0 Å². The lowest BCUT2D eigenvalue weighted by Gasteiger charge is -2.29. The van der Waals surface area contributed by atoms with Crippen LogP contribution in [0.3, 0.4) is 0 Å². The van der Waals surface area contributed by atoms with Crippen molar-refractivity contribution in [2.45, 2.75) is 85.5 Å². The van der Waals surface area contributed by atoms with Gasteiger partial charge in [0.05, 0.1) is 22.4 Å². The number of hydrogen-bond donors (Lipinski definition) is 0. The van der Waals surface area contributed by atoms with E-state index >= 15 is 0 Å². The second kappa shape index (κ2) is 17.8. The van der Waals surface area contributed by atoms with Crippen LogP contribution in [0, 0.1) is 6.92 Å². The van der Waals surface area contributed by atoms with E-state index in [1.165, 1.54) is 55.9 Å². The van der Waals surface area contributed by atoms with Gasteiger partial charge in [0.2, 0.25) is 0 Å². The Morgan fingerprint density at radius 1 is 0.417 bits per heavy atom. The molecule has 2 aromatic heterocycles. The predicted octanol–water partition coefficient (Wildman–Crippen LogP) is 18.4. The van der Waals surface area contributed by atoms with Crippen molar-refractivity contribution in [3.63, 3.8) is 0 Å². The Balaban J connectivity index is 0.985. The minimum absolute atomic E-state index is 0.0109. The van der Waals surface area contributed by atoms with Gasteiger partial charge in [-0.05, 0) is 140 Å². The highest BCUT2D eigenvalue weighted by molar-refractivity contribution is 6.11. The zero-order chi connectivity index (χ0) is 50.1. The van der Waals surface area contributed by atoms with E-state index in [0.717, 1.165) is 61.6 Å². The summed E-state index contributed by atoms with van der Waals surface area (Å²) in [5, 5.41) is 2.30. The molecule has 8 aromatic carbocycles. The molecular formula is C67H64N4O. The molecule has 0 N–H and O–H groups in total. The molecule has 0 fully saturated rings. The van der Waals surface area contributed by atoms with E-state index < -0.39 is 0 Å². The number of aryl methyl sites for hydroxylation is 1. The summed E-state index contributed by atoms with van der Waals surface area (Å²) in [6.45, 7) is 23.4. The number of ether oxygens (including phenoxy) is 1. The van der Waals surface area contributed by atoms with E-state index in [1.54, 1.807) is 0 Å². The van der Waals surface area contributed by atoms with Crippen LogP contribution in [0.4, 0.5) is 22.7 Å². The van der Waals surface area contributed by atoms with E-state index in [9.17, 15) is 0 Å². The van der Waals surface area contributed by atoms with Gasteiger partial charge in [0.1, 0.15) is 24.0 Å². The molecule has 1 aliphatic heterocycles. The van der Waals surface area contributed by atoms with Crippen molar-refractivity contribution in [1.82, 2.24) is 9.55 Å². The Labute approximate surface area is 426 Å². The van der Waals surface area contributed by atoms with Crippen LogP contribution < -0.4 is 14.5 Å². The Kier molecular flexibility index (Phi) is 11.5. The lowest BCUT2D eigenvalue weighted by molar-refractivity contribution is 0.483. The van der Waals surface area contributed by atoms with E-state index in [4.69, 9.17) is 9.72 Å². The van der Waals surface area contributed by atoms with E-state index in [2.05, 4.69) is 272 Å². The molecule has 1 aliphatic rings. The van der Waals surface area contributed by atoms with E-state index in [-0.39, 0.29) is 16.2 Å². The number of aromatic nitrogens is 2. The highest BCUT2D eigenvalue weighted by atomic mass is 16.5. The average Bonchev–Trinajstić information content (AvgIpc) is 3.91. The molecular weight excluding hydrogens is 877 g/mol. The zero-order valence-electron chi connectivity index (χ0n) is 43.4. The summed E-state index contributed by atoms with van der Waals surface area (Å²) >= 11 is 0. The number of rotatable bonds is 8. The van der Waals surface area contributed by atoms with Crippen LogP contribution in [0.2, 0.25) is 0 Å². The SMILES string of the molecule is Cc1cc(-n2c3ccc(-c4ccccc4)cc3c3ccc(Oc4cccc(N5CN(c6cc(C(C)(C)C)cc(C(C)(C)C)c6)c6ccc(-c7ccccc7)cc65)c4)cc32)ncc1-c1ccc(C(C)(C)C)cc1. The monoisotopic (exact) mass is 941 g/mol. The maximum Gasteiger partial charge on any atom is 0.137 e. The molecule has 0 radical (unpaired) electrons. The van der Waals surface area contributed by atoms with Crippen molar-refractivity contribution in [3.05, 3.63) is 217 Å². The van der Waals surface area contributed by atoms with Gasteiger partial charge in [-0.2, -0.15) is 0 Å². The van der Waals surface area contributed by atoms with Gasteiger partial charge in [-0.25, -0.2) is 4.98 Å². The molecule has 0 saturated heterocycles. The van der Waals surface area contributed by atoms with Crippen molar-refractivity contribution in [3.8, 4) is 50.7 Å². The summed E-state index contributed by atoms with van der Waals surface area (Å²) in [6, 6.07) is 68.3. The Hall–Kier alpha value is -7.89. The summed E-state index contributed by atoms with van der Waals surface area (Å²) in [6.07, 6.45) is 2.03. The predicted molar refractivity (Wildman–Crippen MR) is 304 cm³/mol. The van der Waals surface area contributed by atoms with Gasteiger partial charge in [0.25, 0.3) is 0 Å². The molecule has 0 amide bonds. The molecule has 0 aliphatic carbocycles. The van der Waals surface area contributed by atoms with Crippen LogP contribution in [-0.4, -0.2) is 16.2 Å². The van der Waals surface area contributed by atoms with E-state index in [0.29, 0.717) is 6.67 Å². The van der Waals surface area contributed by atoms with Gasteiger partial charge in [0.15, 0.2) is 0 Å². The van der Waals surface area contributed by atoms with Crippen LogP contribution in [0.25, 0.3) is 61.0 Å². The van der Waals surface area contributed by atoms with Crippen LogP contribution in [0.5, 0.6) is 11.5 Å². The molecule has 11 rings (SSSR count). The molecule has 10 aromatic rings. The first-order chi connectivity index (χ1) is 34.5. The molecule has 5 heteroatoms. The molecule has 0 unspecified atom stereocenters. The fraction of sp³-hybridized carbons (Fsp3) is 0.209. The first kappa shape index (κ1) is 46.5. The third-order valence-electron chi connectivity index (χ3n) is 14.5. The molecule has 72 heavy (non-hydrogen) atoms. The van der Waals surface area contributed by atoms with Gasteiger partial charge in [-0.1, -0.05) is 172 Å². The highest BCUT2D eigenvalue weighted by Crippen LogP contribution is 2.48. The summed E-state index contributed by atoms with van der Waals surface area (Å²) in [4.78, 5) is 10.1. The molecule has 0 bridgehead atoms. The van der Waals surface area contributed by atoms with Crippen molar-refractivity contribution >= 4 is 44.6 Å². The number of anilines is 4. The minimum atomic E-state index is -0.0109. The number of hydrogen-bond acceptors (Lipinski definition) is 4. The molecule has 5 nitrogen and oxygen atoms in total. The maximum atomic E-state index is 6.93. The smallest absolute Gasteiger partial charge is 0.137 e. The van der Waals surface area contributed by atoms with Crippen LogP contribution in [0.1, 0.15) is 84.6 Å². The zero-order valence-corrected chi connectivity index (χ0v) is 43.4. The standard InChI is InChI=1S/C67H64N4O/c1-44-34-64(68-42-59(44)47-24-28-50(29-25-47)65(2,3)4)71-60-32-26-48(45-18-13-11-14-19-45)35-58(60)57-31-30-56(41-62(57)71)72-55-23-17-22-53(40-55)69-43-70(54-38-51(66(5,6)7)37-52(39-54)67(8,9)10)61-33-27-49(36-63(61)69)46-20-15-12-16-21-46/h11-42H,43H2,1-10H3. The lowest BCUT2D eigenvalue weighted by Crippen LogP contribution is -2.25. The van der Waals surface area contributed by atoms with Crippen LogP contribution in [-0.2, 0) is 16.2 Å². The van der Waals surface area contributed by atoms with Crippen molar-refractivity contribution in [1.29, 1.82) is 0 Å². The first-order valence-electron chi connectivity index (χ1n) is 25.4. The van der Waals surface area contributed by atoms with Crippen molar-refractivity contribution < 1.29 is 4.74 Å². The van der Waals surface area contributed by atoms with Crippen LogP contribution >= 0.6 is 0 Å². The second-order valence-corrected chi connectivity index (χ2v) is 22.7. The van der Waals surface area contributed by atoms with Crippen LogP contribution in [0.15, 0.2) is 194 Å². The minimum Gasteiger partial charge on any atom is -0.457 e. The second-order valence-electron chi connectivity index (χ2n) is 22.7. The Bertz CT molecular complexity index is 3610. The topological polar surface area (TPSA) is 33.5 Å². The number of nitrogens with zero attached hydrogens (tertiary/aromatic N) is 4. The third kappa shape index (κ3) is 8.83. The van der Waals surface area contributed by atoms with Crippen molar-refractivity contribution in [2.24, 2.45) is 0 Å². The summed E-state index contributed by atoms with van der Waals surface area (Å²) in [7, 11) is 0. The Morgan fingerprint density at radius 2 is 1.01 bits per heavy atom. The van der Waals surface area contributed by atoms with E-state index in [1.807, 2.05) is 6.20 Å². The van der Waals surface area contributed by atoms with Gasteiger partial charge in [-0.3, -0.25) is 4.57 Å². The third-order valence-corrected chi connectivity index (χ3v) is 14.5. The summed E-state index contributed by atoms with van der Waals surface area (Å²) in [5.41, 5.74) is 18.9. The highest BCUT2D eigenvalue weighted by Gasteiger charge is 2.31. The molecule has 3 heterocycles. The molecule has 0 spiro atoms. The number of fused-ring (bicyclic) bond motifs is 4. The number of benzene rings is 8. The van der Waals surface area contributed by atoms with Crippen molar-refractivity contribution in [2.75, 3.05) is 16.5 Å². The van der Waals surface area contributed by atoms with Gasteiger partial charge in [0, 0.05) is 46.0 Å². The first-order valence-corrected chi connectivity index (χ1v) is 25.4. The Morgan fingerprint density at radius 3 is 1.65 bits per heavy atom. The molecule has 0 saturated carbocycles. The molecule has 0 atom stereocenters. The summed E-state index contributed by atoms with van der Waals surface area (Å²) in [5.74, 6) is 2.38. The lowest BCUT2D eigenvalue weighted by atomic mass is 9.80. The normalized spacial score (nSPS) is 13.0. The largest absolute Gasteiger partial charge is 0.457 e. The summed E-state index contributed by atoms with van der Waals surface area (Å²) < 4.78 is 9.22. The molecule has 358 valence electrons. The quantitative estimate of drug-likeness (QED) is 0.152. The number of pyridine rings is 1. The van der Waals surface area contributed by atoms with Gasteiger partial charge >= 0.3 is 0 Å². The average molecular weight is 941 g/mol. The fourth-order valence-corrected chi connectivity index (χ4v) is 10.2. The maximum absolute atomic E-state index is 6.93. The fourth-order valence-electron chi connectivity index (χ4n) is 10.2. The van der Waals surface area contributed by atoms with Gasteiger partial charge < -0.3 is 14.5 Å².